The predicted molar refractivity (Wildman–Crippen MR) is 126 cm³/mol. The van der Waals surface area contributed by atoms with E-state index >= 15 is 0 Å². The zero-order valence-electron chi connectivity index (χ0n) is 18.7. The molecule has 1 heterocycles. The molecule has 0 spiro atoms. The van der Waals surface area contributed by atoms with Crippen molar-refractivity contribution in [3.05, 3.63) is 101 Å². The van der Waals surface area contributed by atoms with Gasteiger partial charge in [0.25, 0.3) is 17.7 Å². The lowest BCUT2D eigenvalue weighted by molar-refractivity contribution is -0.127. The Morgan fingerprint density at radius 1 is 0.857 bits per heavy atom. The van der Waals surface area contributed by atoms with Crippen molar-refractivity contribution in [2.75, 3.05) is 5.32 Å². The molecule has 9 nitrogen and oxygen atoms in total. The molecule has 4 rings (SSSR count). The molecule has 1 atom stereocenters. The van der Waals surface area contributed by atoms with Crippen LogP contribution in [-0.2, 0) is 16.1 Å². The van der Waals surface area contributed by atoms with E-state index in [2.05, 4.69) is 10.6 Å². The number of hydrogen-bond acceptors (Lipinski definition) is 6. The lowest BCUT2D eigenvalue weighted by atomic mass is 10.1. The molecular formula is C26H21N3O6. The van der Waals surface area contributed by atoms with Crippen molar-refractivity contribution in [3.8, 4) is 0 Å². The molecule has 0 radical (unpaired) electrons. The van der Waals surface area contributed by atoms with E-state index < -0.39 is 35.8 Å². The Morgan fingerprint density at radius 2 is 1.49 bits per heavy atom. The monoisotopic (exact) mass is 471 g/mol. The third kappa shape index (κ3) is 5.25. The number of benzene rings is 3. The van der Waals surface area contributed by atoms with Gasteiger partial charge in [-0.3, -0.25) is 24.6 Å². The van der Waals surface area contributed by atoms with Gasteiger partial charge in [-0.1, -0.05) is 48.5 Å². The number of carbonyl (C=O) groups is 5. The van der Waals surface area contributed by atoms with Crippen LogP contribution >= 0.6 is 0 Å². The van der Waals surface area contributed by atoms with Crippen LogP contribution in [0.2, 0.25) is 0 Å². The highest BCUT2D eigenvalue weighted by atomic mass is 16.5. The number of nitrogens with one attached hydrogen (secondary N) is 2. The van der Waals surface area contributed by atoms with Gasteiger partial charge in [-0.2, -0.15) is 0 Å². The number of amides is 5. The van der Waals surface area contributed by atoms with E-state index in [0.29, 0.717) is 5.69 Å². The number of anilines is 1. The Bertz CT molecular complexity index is 1310. The second-order valence-corrected chi connectivity index (χ2v) is 7.80. The van der Waals surface area contributed by atoms with Crippen LogP contribution in [0.25, 0.3) is 0 Å². The van der Waals surface area contributed by atoms with Crippen molar-refractivity contribution >= 4 is 35.4 Å². The van der Waals surface area contributed by atoms with Gasteiger partial charge < -0.3 is 10.1 Å². The van der Waals surface area contributed by atoms with E-state index in [4.69, 9.17) is 4.74 Å². The number of fused-ring (bicyclic) bond motifs is 1. The normalized spacial score (nSPS) is 13.1. The maximum atomic E-state index is 12.8. The lowest BCUT2D eigenvalue weighted by Gasteiger charge is -2.14. The molecule has 1 aliphatic rings. The third-order valence-electron chi connectivity index (χ3n) is 5.31. The number of nitrogens with zero attached hydrogens (tertiary/aromatic N) is 1. The Labute approximate surface area is 200 Å². The number of esters is 1. The Balaban J connectivity index is 1.38. The summed E-state index contributed by atoms with van der Waals surface area (Å²) >= 11 is 0. The standard InChI is InChI=1S/C26H21N3O6/c1-16(22(30)28-26(34)27-19-10-6-3-7-11-19)35-25(33)18-12-13-20-21(14-18)24(32)29(23(20)31)15-17-8-4-2-5-9-17/h2-14,16H,15H2,1H3,(H2,27,28,30,34). The zero-order valence-corrected chi connectivity index (χ0v) is 18.7. The van der Waals surface area contributed by atoms with Crippen LogP contribution < -0.4 is 10.6 Å². The van der Waals surface area contributed by atoms with E-state index in [0.717, 1.165) is 10.5 Å². The van der Waals surface area contributed by atoms with Gasteiger partial charge >= 0.3 is 12.0 Å². The maximum absolute atomic E-state index is 12.8. The smallest absolute Gasteiger partial charge is 0.338 e. The Hall–Kier alpha value is -4.79. The molecule has 2 N–H and O–H groups in total. The molecule has 0 aliphatic carbocycles. The van der Waals surface area contributed by atoms with Gasteiger partial charge in [0.1, 0.15) is 0 Å². The summed E-state index contributed by atoms with van der Waals surface area (Å²) in [5.74, 6) is -2.67. The molecule has 0 bridgehead atoms. The number of carbonyl (C=O) groups excluding carboxylic acids is 5. The fraction of sp³-hybridized carbons (Fsp3) is 0.115. The molecule has 3 aromatic carbocycles. The molecule has 0 saturated carbocycles. The summed E-state index contributed by atoms with van der Waals surface area (Å²) in [6, 6.07) is 20.8. The second-order valence-electron chi connectivity index (χ2n) is 7.80. The molecular weight excluding hydrogens is 450 g/mol. The van der Waals surface area contributed by atoms with Crippen LogP contribution in [0.1, 0.15) is 43.6 Å². The Morgan fingerprint density at radius 3 is 2.17 bits per heavy atom. The minimum atomic E-state index is -1.29. The van der Waals surface area contributed by atoms with Crippen molar-refractivity contribution in [2.45, 2.75) is 19.6 Å². The lowest BCUT2D eigenvalue weighted by Crippen LogP contribution is -2.41. The summed E-state index contributed by atoms with van der Waals surface area (Å²) in [5, 5.41) is 4.58. The molecule has 9 heteroatoms. The highest BCUT2D eigenvalue weighted by Crippen LogP contribution is 2.26. The van der Waals surface area contributed by atoms with Crippen molar-refractivity contribution in [1.29, 1.82) is 0 Å². The van der Waals surface area contributed by atoms with E-state index in [1.807, 2.05) is 18.2 Å². The predicted octanol–water partition coefficient (Wildman–Crippen LogP) is 3.38. The summed E-state index contributed by atoms with van der Waals surface area (Å²) < 4.78 is 5.15. The zero-order chi connectivity index (χ0) is 24.9. The van der Waals surface area contributed by atoms with Crippen molar-refractivity contribution < 1.29 is 28.7 Å². The van der Waals surface area contributed by atoms with Crippen molar-refractivity contribution in [3.63, 3.8) is 0 Å². The van der Waals surface area contributed by atoms with Crippen molar-refractivity contribution in [2.24, 2.45) is 0 Å². The molecule has 0 fully saturated rings. The van der Waals surface area contributed by atoms with Gasteiger partial charge in [-0.25, -0.2) is 9.59 Å². The Kier molecular flexibility index (Phi) is 6.68. The van der Waals surface area contributed by atoms with E-state index in [-0.39, 0.29) is 23.2 Å². The first-order valence-electron chi connectivity index (χ1n) is 10.8. The van der Waals surface area contributed by atoms with Gasteiger partial charge in [0.05, 0.1) is 23.2 Å². The van der Waals surface area contributed by atoms with Crippen LogP contribution in [0.3, 0.4) is 0 Å². The van der Waals surface area contributed by atoms with Gasteiger partial charge in [-0.15, -0.1) is 0 Å². The summed E-state index contributed by atoms with van der Waals surface area (Å²) in [6.07, 6.45) is -1.29. The minimum Gasteiger partial charge on any atom is -0.449 e. The number of imide groups is 2. The van der Waals surface area contributed by atoms with Crippen LogP contribution in [0.4, 0.5) is 10.5 Å². The van der Waals surface area contributed by atoms with Gasteiger partial charge in [0.2, 0.25) is 0 Å². The second kappa shape index (κ2) is 10.0. The molecule has 3 aromatic rings. The van der Waals surface area contributed by atoms with E-state index in [1.54, 1.807) is 42.5 Å². The first-order chi connectivity index (χ1) is 16.8. The van der Waals surface area contributed by atoms with Crippen LogP contribution in [0.5, 0.6) is 0 Å². The fourth-order valence-electron chi connectivity index (χ4n) is 3.51. The summed E-state index contributed by atoms with van der Waals surface area (Å²) in [7, 11) is 0. The number of ether oxygens (including phenoxy) is 1. The molecule has 176 valence electrons. The van der Waals surface area contributed by atoms with Crippen LogP contribution in [-0.4, -0.2) is 40.7 Å². The first-order valence-corrected chi connectivity index (χ1v) is 10.8. The minimum absolute atomic E-state index is 0.000141. The number of urea groups is 1. The topological polar surface area (TPSA) is 122 Å². The van der Waals surface area contributed by atoms with E-state index in [9.17, 15) is 24.0 Å². The molecule has 1 unspecified atom stereocenters. The maximum Gasteiger partial charge on any atom is 0.338 e. The molecule has 1 aliphatic heterocycles. The largest absolute Gasteiger partial charge is 0.449 e. The average Bonchev–Trinajstić information content (AvgIpc) is 3.09. The highest BCUT2D eigenvalue weighted by molar-refractivity contribution is 6.21. The molecule has 0 saturated heterocycles. The van der Waals surface area contributed by atoms with Crippen LogP contribution in [0.15, 0.2) is 78.9 Å². The molecule has 0 aromatic heterocycles. The SMILES string of the molecule is CC(OC(=O)c1ccc2c(c1)C(=O)N(Cc1ccccc1)C2=O)C(=O)NC(=O)Nc1ccccc1. The number of hydrogen-bond donors (Lipinski definition) is 2. The first kappa shape index (κ1) is 23.4. The molecule has 5 amide bonds. The highest BCUT2D eigenvalue weighted by Gasteiger charge is 2.36. The number of rotatable bonds is 6. The van der Waals surface area contributed by atoms with Crippen LogP contribution in [0, 0.1) is 0 Å². The quantitative estimate of drug-likeness (QED) is 0.420. The summed E-state index contributed by atoms with van der Waals surface area (Å²) in [5.41, 5.74) is 1.55. The molecule has 35 heavy (non-hydrogen) atoms. The summed E-state index contributed by atoms with van der Waals surface area (Å²) in [6.45, 7) is 1.42. The third-order valence-corrected chi connectivity index (χ3v) is 5.31. The van der Waals surface area contributed by atoms with E-state index in [1.165, 1.54) is 25.1 Å². The van der Waals surface area contributed by atoms with Gasteiger partial charge in [0.15, 0.2) is 6.10 Å². The van der Waals surface area contributed by atoms with Crippen molar-refractivity contribution in [1.82, 2.24) is 10.2 Å². The van der Waals surface area contributed by atoms with Gasteiger partial charge in [0, 0.05) is 5.69 Å². The average molecular weight is 471 g/mol. The fourth-order valence-corrected chi connectivity index (χ4v) is 3.51. The van der Waals surface area contributed by atoms with Gasteiger partial charge in [-0.05, 0) is 42.8 Å². The summed E-state index contributed by atoms with van der Waals surface area (Å²) in [4.78, 5) is 63.5. The number of para-hydroxylation sites is 1.